The van der Waals surface area contributed by atoms with Gasteiger partial charge in [-0.1, -0.05) is 56.3 Å². The van der Waals surface area contributed by atoms with E-state index in [1.165, 1.54) is 16.7 Å². The van der Waals surface area contributed by atoms with E-state index in [1.54, 1.807) is 0 Å². The fourth-order valence-corrected chi connectivity index (χ4v) is 2.16. The standard InChI is InChI=1S/C17H19N/c1-4-8-16-15(14-9-6-5-7-10-14)11-12-18-17(16)13(2)3/h4-13H,1-3H3. The summed E-state index contributed by atoms with van der Waals surface area (Å²) in [4.78, 5) is 4.53. The average Bonchev–Trinajstić information content (AvgIpc) is 2.40. The quantitative estimate of drug-likeness (QED) is 0.739. The van der Waals surface area contributed by atoms with Gasteiger partial charge in [-0.05, 0) is 30.0 Å². The third-order valence-corrected chi connectivity index (χ3v) is 2.99. The molecule has 1 heterocycles. The molecule has 2 rings (SSSR count). The van der Waals surface area contributed by atoms with Gasteiger partial charge in [0.2, 0.25) is 0 Å². The Kier molecular flexibility index (Phi) is 3.93. The highest BCUT2D eigenvalue weighted by Crippen LogP contribution is 2.29. The number of nitrogens with zero attached hydrogens (tertiary/aromatic N) is 1. The maximum absolute atomic E-state index is 4.53. The molecule has 1 aromatic carbocycles. The summed E-state index contributed by atoms with van der Waals surface area (Å²) in [5.74, 6) is 0.430. The number of benzene rings is 1. The normalized spacial score (nSPS) is 11.3. The van der Waals surface area contributed by atoms with Crippen molar-refractivity contribution in [2.24, 2.45) is 0 Å². The minimum Gasteiger partial charge on any atom is -0.260 e. The van der Waals surface area contributed by atoms with Gasteiger partial charge in [-0.15, -0.1) is 0 Å². The number of aromatic nitrogens is 1. The summed E-state index contributed by atoms with van der Waals surface area (Å²) in [5.41, 5.74) is 4.90. The van der Waals surface area contributed by atoms with Crippen LogP contribution in [-0.2, 0) is 0 Å². The Hall–Kier alpha value is -1.89. The van der Waals surface area contributed by atoms with Gasteiger partial charge in [-0.3, -0.25) is 4.98 Å². The molecule has 0 atom stereocenters. The van der Waals surface area contributed by atoms with Crippen LogP contribution in [0, 0.1) is 0 Å². The van der Waals surface area contributed by atoms with Crippen LogP contribution in [0.25, 0.3) is 17.2 Å². The maximum atomic E-state index is 4.53. The lowest BCUT2D eigenvalue weighted by Gasteiger charge is -2.13. The summed E-state index contributed by atoms with van der Waals surface area (Å²) < 4.78 is 0. The molecule has 1 nitrogen and oxygen atoms in total. The molecule has 0 saturated carbocycles. The highest BCUT2D eigenvalue weighted by Gasteiger charge is 2.11. The van der Waals surface area contributed by atoms with Gasteiger partial charge < -0.3 is 0 Å². The van der Waals surface area contributed by atoms with E-state index in [2.05, 4.69) is 61.3 Å². The Morgan fingerprint density at radius 2 is 1.78 bits per heavy atom. The van der Waals surface area contributed by atoms with Crippen LogP contribution in [0.2, 0.25) is 0 Å². The minimum absolute atomic E-state index is 0.430. The van der Waals surface area contributed by atoms with Crippen molar-refractivity contribution in [3.63, 3.8) is 0 Å². The second-order valence-electron chi connectivity index (χ2n) is 4.68. The second-order valence-corrected chi connectivity index (χ2v) is 4.68. The van der Waals surface area contributed by atoms with Gasteiger partial charge in [0.1, 0.15) is 0 Å². The average molecular weight is 237 g/mol. The van der Waals surface area contributed by atoms with E-state index >= 15 is 0 Å². The van der Waals surface area contributed by atoms with Gasteiger partial charge in [0, 0.05) is 11.8 Å². The minimum atomic E-state index is 0.430. The summed E-state index contributed by atoms with van der Waals surface area (Å²) in [7, 11) is 0. The molecule has 18 heavy (non-hydrogen) atoms. The summed E-state index contributed by atoms with van der Waals surface area (Å²) in [5, 5.41) is 0. The largest absolute Gasteiger partial charge is 0.260 e. The maximum Gasteiger partial charge on any atom is 0.0507 e. The number of allylic oxidation sites excluding steroid dienone is 1. The zero-order chi connectivity index (χ0) is 13.0. The smallest absolute Gasteiger partial charge is 0.0507 e. The van der Waals surface area contributed by atoms with Crippen molar-refractivity contribution in [3.05, 3.63) is 59.9 Å². The van der Waals surface area contributed by atoms with Crippen molar-refractivity contribution in [1.82, 2.24) is 4.98 Å². The first kappa shape index (κ1) is 12.6. The van der Waals surface area contributed by atoms with Gasteiger partial charge in [0.15, 0.2) is 0 Å². The van der Waals surface area contributed by atoms with Crippen molar-refractivity contribution >= 4 is 6.08 Å². The number of pyridine rings is 1. The van der Waals surface area contributed by atoms with Crippen molar-refractivity contribution < 1.29 is 0 Å². The highest BCUT2D eigenvalue weighted by molar-refractivity contribution is 5.76. The Balaban J connectivity index is 2.64. The Bertz CT molecular complexity index is 539. The highest BCUT2D eigenvalue weighted by atomic mass is 14.7. The summed E-state index contributed by atoms with van der Waals surface area (Å²) in [6.45, 7) is 6.42. The van der Waals surface area contributed by atoms with E-state index in [-0.39, 0.29) is 0 Å². The van der Waals surface area contributed by atoms with Crippen molar-refractivity contribution in [3.8, 4) is 11.1 Å². The summed E-state index contributed by atoms with van der Waals surface area (Å²) in [6.07, 6.45) is 6.14. The molecular formula is C17H19N. The van der Waals surface area contributed by atoms with E-state index in [4.69, 9.17) is 0 Å². The van der Waals surface area contributed by atoms with Crippen LogP contribution in [0.1, 0.15) is 37.9 Å². The SMILES string of the molecule is CC=Cc1c(-c2ccccc2)ccnc1C(C)C. The van der Waals surface area contributed by atoms with E-state index in [0.717, 1.165) is 5.69 Å². The van der Waals surface area contributed by atoms with Crippen LogP contribution in [0.4, 0.5) is 0 Å². The number of hydrogen-bond acceptors (Lipinski definition) is 1. The zero-order valence-corrected chi connectivity index (χ0v) is 11.2. The predicted octanol–water partition coefficient (Wildman–Crippen LogP) is 4.91. The molecule has 1 heteroatoms. The van der Waals surface area contributed by atoms with Gasteiger partial charge in [-0.25, -0.2) is 0 Å². The van der Waals surface area contributed by atoms with E-state index in [1.807, 2.05) is 19.2 Å². The van der Waals surface area contributed by atoms with E-state index < -0.39 is 0 Å². The Labute approximate surface area is 109 Å². The first-order chi connectivity index (χ1) is 8.74. The molecule has 1 aromatic heterocycles. The molecule has 0 unspecified atom stereocenters. The summed E-state index contributed by atoms with van der Waals surface area (Å²) in [6, 6.07) is 12.6. The fraction of sp³-hybridized carbons (Fsp3) is 0.235. The number of rotatable bonds is 3. The van der Waals surface area contributed by atoms with Crippen LogP contribution in [0.15, 0.2) is 48.7 Å². The number of hydrogen-bond donors (Lipinski definition) is 0. The molecule has 0 aliphatic rings. The van der Waals surface area contributed by atoms with Crippen molar-refractivity contribution in [2.45, 2.75) is 26.7 Å². The molecule has 0 N–H and O–H groups in total. The van der Waals surface area contributed by atoms with Gasteiger partial charge in [0.25, 0.3) is 0 Å². The van der Waals surface area contributed by atoms with Crippen molar-refractivity contribution in [1.29, 1.82) is 0 Å². The molecule has 92 valence electrons. The van der Waals surface area contributed by atoms with Crippen LogP contribution >= 0.6 is 0 Å². The third kappa shape index (κ3) is 2.51. The van der Waals surface area contributed by atoms with Gasteiger partial charge in [-0.2, -0.15) is 0 Å². The topological polar surface area (TPSA) is 12.9 Å². The summed E-state index contributed by atoms with van der Waals surface area (Å²) >= 11 is 0. The van der Waals surface area contributed by atoms with E-state index in [9.17, 15) is 0 Å². The lowest BCUT2D eigenvalue weighted by atomic mass is 9.94. The second kappa shape index (κ2) is 5.63. The van der Waals surface area contributed by atoms with Gasteiger partial charge >= 0.3 is 0 Å². The molecule has 2 aromatic rings. The lowest BCUT2D eigenvalue weighted by molar-refractivity contribution is 0.820. The molecule has 0 aliphatic heterocycles. The molecule has 0 spiro atoms. The molecule has 0 bridgehead atoms. The Morgan fingerprint density at radius 3 is 2.39 bits per heavy atom. The molecule has 0 aliphatic carbocycles. The molecule has 0 saturated heterocycles. The Morgan fingerprint density at radius 1 is 1.06 bits per heavy atom. The zero-order valence-electron chi connectivity index (χ0n) is 11.2. The predicted molar refractivity (Wildman–Crippen MR) is 78.5 cm³/mol. The van der Waals surface area contributed by atoms with Crippen molar-refractivity contribution in [2.75, 3.05) is 0 Å². The van der Waals surface area contributed by atoms with Crippen LogP contribution in [0.3, 0.4) is 0 Å². The van der Waals surface area contributed by atoms with E-state index in [0.29, 0.717) is 5.92 Å². The lowest BCUT2D eigenvalue weighted by Crippen LogP contribution is -1.98. The first-order valence-electron chi connectivity index (χ1n) is 6.41. The molecule has 0 fully saturated rings. The molecule has 0 radical (unpaired) electrons. The fourth-order valence-electron chi connectivity index (χ4n) is 2.16. The van der Waals surface area contributed by atoms with Gasteiger partial charge in [0.05, 0.1) is 5.69 Å². The first-order valence-corrected chi connectivity index (χ1v) is 6.41. The third-order valence-electron chi connectivity index (χ3n) is 2.99. The van der Waals surface area contributed by atoms with Crippen LogP contribution in [-0.4, -0.2) is 4.98 Å². The molecular weight excluding hydrogens is 218 g/mol. The molecule has 0 amide bonds. The van der Waals surface area contributed by atoms with Crippen LogP contribution in [0.5, 0.6) is 0 Å². The monoisotopic (exact) mass is 237 g/mol. The van der Waals surface area contributed by atoms with Crippen LogP contribution < -0.4 is 0 Å².